The largest absolute Gasteiger partial charge is 0.478 e. The van der Waals surface area contributed by atoms with E-state index in [0.717, 1.165) is 0 Å². The highest BCUT2D eigenvalue weighted by Crippen LogP contribution is 2.33. The van der Waals surface area contributed by atoms with Crippen LogP contribution in [0.2, 0.25) is 0 Å². The Balaban J connectivity index is 2.11. The van der Waals surface area contributed by atoms with Gasteiger partial charge in [0.2, 0.25) is 5.52 Å². The van der Waals surface area contributed by atoms with Crippen molar-refractivity contribution in [3.8, 4) is 5.88 Å². The summed E-state index contributed by atoms with van der Waals surface area (Å²) in [6.45, 7) is 0.467. The van der Waals surface area contributed by atoms with E-state index in [1.54, 1.807) is 10.9 Å². The number of methoxy groups -OCH3 is 1. The monoisotopic (exact) mass is 304 g/mol. The summed E-state index contributed by atoms with van der Waals surface area (Å²) in [5, 5.41) is 0. The van der Waals surface area contributed by atoms with Crippen molar-refractivity contribution in [2.45, 2.75) is 6.54 Å². The first kappa shape index (κ1) is 14.7. The van der Waals surface area contributed by atoms with Crippen molar-refractivity contribution >= 4 is 24.7 Å². The van der Waals surface area contributed by atoms with Gasteiger partial charge < -0.3 is 25.0 Å². The predicted molar refractivity (Wildman–Crippen MR) is 67.9 cm³/mol. The lowest BCUT2D eigenvalue weighted by Gasteiger charge is -2.04. The van der Waals surface area contributed by atoms with Gasteiger partial charge >= 0.3 is 19.2 Å². The lowest BCUT2D eigenvalue weighted by atomic mass is 10.5. The second-order valence-corrected chi connectivity index (χ2v) is 5.55. The highest BCUT2D eigenvalue weighted by atomic mass is 31.2. The fourth-order valence-electron chi connectivity index (χ4n) is 1.65. The molecule has 0 aliphatic carbocycles. The van der Waals surface area contributed by atoms with Crippen LogP contribution >= 0.6 is 7.60 Å². The van der Waals surface area contributed by atoms with Crippen molar-refractivity contribution < 1.29 is 28.4 Å². The molecule has 0 fully saturated rings. The van der Waals surface area contributed by atoms with Crippen LogP contribution in [-0.2, 0) is 15.8 Å². The van der Waals surface area contributed by atoms with Crippen molar-refractivity contribution in [1.82, 2.24) is 15.0 Å². The van der Waals surface area contributed by atoms with Gasteiger partial charge in [0.25, 0.3) is 5.88 Å². The number of anilines is 1. The number of nitrogens with two attached hydrogens (primary N) is 1. The van der Waals surface area contributed by atoms with E-state index in [-0.39, 0.29) is 12.6 Å². The topological polar surface area (TPSA) is 147 Å². The fourth-order valence-corrected chi connectivity index (χ4v) is 2.01. The van der Waals surface area contributed by atoms with E-state index in [0.29, 0.717) is 23.6 Å². The Morgan fingerprint density at radius 3 is 2.90 bits per heavy atom. The number of hydrogen-bond donors (Lipinski definition) is 4. The van der Waals surface area contributed by atoms with Crippen LogP contribution in [0.4, 0.5) is 5.95 Å². The average Bonchev–Trinajstić information content (AvgIpc) is 2.75. The minimum absolute atomic E-state index is 0.0684. The molecule has 0 atom stereocenters. The van der Waals surface area contributed by atoms with Crippen LogP contribution in [-0.4, -0.2) is 44.8 Å². The molecule has 0 saturated carbocycles. The predicted octanol–water partition coefficient (Wildman–Crippen LogP) is -1.01. The molecule has 0 amide bonds. The molecule has 0 radical (unpaired) electrons. The van der Waals surface area contributed by atoms with Gasteiger partial charge in [-0.15, -0.1) is 0 Å². The van der Waals surface area contributed by atoms with Crippen LogP contribution < -0.4 is 15.0 Å². The van der Waals surface area contributed by atoms with Crippen LogP contribution in [0.25, 0.3) is 11.2 Å². The molecule has 10 nitrogen and oxygen atoms in total. The molecule has 0 spiro atoms. The van der Waals surface area contributed by atoms with Gasteiger partial charge in [-0.2, -0.15) is 4.98 Å². The summed E-state index contributed by atoms with van der Waals surface area (Å²) >= 11 is 0. The first-order chi connectivity index (χ1) is 9.40. The zero-order chi connectivity index (χ0) is 14.8. The molecule has 0 unspecified atom stereocenters. The Kier molecular flexibility index (Phi) is 4.19. The van der Waals surface area contributed by atoms with Crippen molar-refractivity contribution in [3.05, 3.63) is 6.33 Å². The number of H-pyrrole nitrogens is 1. The van der Waals surface area contributed by atoms with Crippen LogP contribution in [0, 0.1) is 0 Å². The summed E-state index contributed by atoms with van der Waals surface area (Å²) in [5.74, 6) is 0.390. The van der Waals surface area contributed by atoms with E-state index >= 15 is 0 Å². The van der Waals surface area contributed by atoms with E-state index in [2.05, 4.69) is 15.0 Å². The van der Waals surface area contributed by atoms with Crippen LogP contribution in [0.5, 0.6) is 5.88 Å². The molecule has 0 aliphatic rings. The summed E-state index contributed by atoms with van der Waals surface area (Å²) in [6, 6.07) is 0. The average molecular weight is 304 g/mol. The maximum atomic E-state index is 10.6. The second-order valence-electron chi connectivity index (χ2n) is 3.96. The number of nitrogen functional groups attached to an aromatic ring is 1. The molecule has 0 aliphatic heterocycles. The third-order valence-corrected chi connectivity index (χ3v) is 2.96. The van der Waals surface area contributed by atoms with E-state index in [1.165, 1.54) is 7.11 Å². The summed E-state index contributed by atoms with van der Waals surface area (Å²) in [5.41, 5.74) is 6.68. The Hall–Kier alpha value is -1.74. The first-order valence-corrected chi connectivity index (χ1v) is 7.41. The minimum Gasteiger partial charge on any atom is -0.478 e. The number of nitrogens with zero attached hydrogens (tertiary/aromatic N) is 3. The van der Waals surface area contributed by atoms with Crippen LogP contribution in [0.15, 0.2) is 6.33 Å². The summed E-state index contributed by atoms with van der Waals surface area (Å²) in [7, 11) is -2.68. The highest BCUT2D eigenvalue weighted by Gasteiger charge is 2.19. The molecule has 2 aromatic rings. The van der Waals surface area contributed by atoms with E-state index < -0.39 is 13.9 Å². The maximum absolute atomic E-state index is 10.6. The molecular weight excluding hydrogens is 289 g/mol. The van der Waals surface area contributed by atoms with Crippen molar-refractivity contribution in [1.29, 1.82) is 0 Å². The molecule has 11 heteroatoms. The number of fused-ring (bicyclic) bond motifs is 1. The van der Waals surface area contributed by atoms with Gasteiger partial charge in [-0.1, -0.05) is 4.98 Å². The molecule has 0 bridgehead atoms. The first-order valence-electron chi connectivity index (χ1n) is 5.61. The third kappa shape index (κ3) is 3.42. The minimum atomic E-state index is -4.15. The number of imidazole rings is 1. The van der Waals surface area contributed by atoms with E-state index in [4.69, 9.17) is 25.0 Å². The molecule has 0 aromatic carbocycles. The Morgan fingerprint density at radius 1 is 1.50 bits per heavy atom. The van der Waals surface area contributed by atoms with Crippen molar-refractivity contribution in [3.63, 3.8) is 0 Å². The normalized spacial score (nSPS) is 11.9. The molecule has 2 heterocycles. The van der Waals surface area contributed by atoms with Gasteiger partial charge in [0, 0.05) is 0 Å². The summed E-state index contributed by atoms with van der Waals surface area (Å²) in [4.78, 5) is 28.3. The molecule has 110 valence electrons. The van der Waals surface area contributed by atoms with E-state index in [9.17, 15) is 4.57 Å². The molecule has 0 saturated heterocycles. The zero-order valence-electron chi connectivity index (χ0n) is 10.7. The molecule has 2 aromatic heterocycles. The summed E-state index contributed by atoms with van der Waals surface area (Å²) in [6.07, 6.45) is 1.01. The van der Waals surface area contributed by atoms with Crippen molar-refractivity contribution in [2.75, 3.05) is 25.8 Å². The van der Waals surface area contributed by atoms with Gasteiger partial charge in [0.15, 0.2) is 6.33 Å². The Morgan fingerprint density at radius 2 is 2.25 bits per heavy atom. The van der Waals surface area contributed by atoms with Gasteiger partial charge in [-0.3, -0.25) is 9.55 Å². The van der Waals surface area contributed by atoms with Gasteiger partial charge in [0.05, 0.1) is 20.3 Å². The number of rotatable bonds is 6. The van der Waals surface area contributed by atoms with Gasteiger partial charge in [-0.25, -0.2) is 4.57 Å². The van der Waals surface area contributed by atoms with Crippen LogP contribution in [0.1, 0.15) is 0 Å². The Bertz CT molecular complexity index is 653. The highest BCUT2D eigenvalue weighted by molar-refractivity contribution is 7.51. The lowest BCUT2D eigenvalue weighted by Crippen LogP contribution is -2.35. The van der Waals surface area contributed by atoms with Gasteiger partial charge in [0.1, 0.15) is 6.35 Å². The molecular formula is C9H15N5O5P+. The van der Waals surface area contributed by atoms with Gasteiger partial charge in [-0.05, 0) is 0 Å². The molecule has 2 rings (SSSR count). The number of aromatic amines is 1. The standard InChI is InChI=1S/C9H14N5O5P/c1-18-8-6-7(12-9(10)13-8)14(4-11-6)2-3-19-5-20(15,16)17/h4H,2-3,5H2,1H3,(H4,10,12,13,15,16,17)/p+1. The Labute approximate surface area is 113 Å². The second kappa shape index (κ2) is 5.71. The number of nitrogens with one attached hydrogen (secondary N) is 1. The molecule has 20 heavy (non-hydrogen) atoms. The van der Waals surface area contributed by atoms with E-state index in [1.807, 2.05) is 0 Å². The smallest absolute Gasteiger partial charge is 0.350 e. The SMILES string of the molecule is COc1nc(N)nc2c1[nH]c[n+]2CCOCP(=O)(O)O. The van der Waals surface area contributed by atoms with Crippen molar-refractivity contribution in [2.24, 2.45) is 0 Å². The maximum Gasteiger partial charge on any atom is 0.350 e. The lowest BCUT2D eigenvalue weighted by molar-refractivity contribution is -0.674. The van der Waals surface area contributed by atoms with Crippen LogP contribution in [0.3, 0.4) is 0 Å². The number of hydrogen-bond acceptors (Lipinski definition) is 6. The number of ether oxygens (including phenoxy) is 2. The quantitative estimate of drug-likeness (QED) is 0.301. The fraction of sp³-hybridized carbons (Fsp3) is 0.444. The zero-order valence-corrected chi connectivity index (χ0v) is 11.6. The summed E-state index contributed by atoms with van der Waals surface area (Å²) < 4.78 is 22.3. The molecule has 5 N–H and O–H groups in total. The number of aromatic nitrogens is 4. The third-order valence-electron chi connectivity index (χ3n) is 2.44.